The number of morpholine rings is 1. The van der Waals surface area contributed by atoms with E-state index in [-0.39, 0.29) is 17.9 Å². The minimum Gasteiger partial charge on any atom is -0.475 e. The van der Waals surface area contributed by atoms with E-state index >= 15 is 0 Å². The number of hydrogen-bond donors (Lipinski definition) is 2. The molecular formula is C24H29F3N4O6. The van der Waals surface area contributed by atoms with Crippen LogP contribution in [-0.2, 0) is 19.1 Å². The quantitative estimate of drug-likeness (QED) is 0.600. The molecule has 1 unspecified atom stereocenters. The van der Waals surface area contributed by atoms with E-state index in [9.17, 15) is 22.8 Å². The van der Waals surface area contributed by atoms with Crippen LogP contribution in [0.3, 0.4) is 0 Å². The van der Waals surface area contributed by atoms with Gasteiger partial charge in [-0.2, -0.15) is 18.4 Å². The number of likely N-dealkylation sites (N-methyl/N-ethyl adjacent to an activating group) is 1. The van der Waals surface area contributed by atoms with E-state index in [2.05, 4.69) is 11.4 Å². The van der Waals surface area contributed by atoms with Crippen molar-refractivity contribution in [3.8, 4) is 6.07 Å². The van der Waals surface area contributed by atoms with Crippen LogP contribution in [0.15, 0.2) is 24.3 Å². The van der Waals surface area contributed by atoms with E-state index in [0.717, 1.165) is 26.1 Å². The second kappa shape index (κ2) is 11.9. The molecule has 10 nitrogen and oxygen atoms in total. The minimum atomic E-state index is -5.08. The SMILES string of the molecule is CN1CC2(CN(C(=O)c3cccc(C#N)c3)C2)OCC1C(=O)NCC1CCOCC1.O=C(O)C(F)(F)F. The molecule has 0 saturated carbocycles. The number of carboxylic acid groups (broad SMARTS) is 1. The number of carbonyl (C=O) groups excluding carboxylic acids is 2. The van der Waals surface area contributed by atoms with Crippen molar-refractivity contribution in [2.75, 3.05) is 53.0 Å². The van der Waals surface area contributed by atoms with Crippen molar-refractivity contribution in [3.63, 3.8) is 0 Å². The van der Waals surface area contributed by atoms with E-state index in [0.29, 0.717) is 49.8 Å². The van der Waals surface area contributed by atoms with Gasteiger partial charge in [-0.3, -0.25) is 14.5 Å². The van der Waals surface area contributed by atoms with Crippen LogP contribution in [0.25, 0.3) is 0 Å². The summed E-state index contributed by atoms with van der Waals surface area (Å²) in [5.74, 6) is -2.37. The first-order valence-electron chi connectivity index (χ1n) is 11.7. The van der Waals surface area contributed by atoms with E-state index in [1.807, 2.05) is 11.9 Å². The third kappa shape index (κ3) is 7.41. The van der Waals surface area contributed by atoms with Crippen LogP contribution in [0.4, 0.5) is 13.2 Å². The fourth-order valence-electron chi connectivity index (χ4n) is 4.47. The van der Waals surface area contributed by atoms with Crippen molar-refractivity contribution in [1.29, 1.82) is 5.26 Å². The molecule has 4 rings (SSSR count). The summed E-state index contributed by atoms with van der Waals surface area (Å²) in [6.45, 7) is 4.12. The first-order chi connectivity index (χ1) is 17.4. The van der Waals surface area contributed by atoms with Gasteiger partial charge in [0, 0.05) is 31.9 Å². The molecule has 13 heteroatoms. The topological polar surface area (TPSA) is 132 Å². The molecule has 0 aromatic heterocycles. The van der Waals surface area contributed by atoms with Crippen molar-refractivity contribution in [2.24, 2.45) is 5.92 Å². The van der Waals surface area contributed by atoms with Gasteiger partial charge < -0.3 is 24.8 Å². The number of nitrogens with zero attached hydrogens (tertiary/aromatic N) is 3. The Morgan fingerprint density at radius 3 is 2.43 bits per heavy atom. The summed E-state index contributed by atoms with van der Waals surface area (Å²) in [5.41, 5.74) is 0.562. The number of rotatable bonds is 4. The molecule has 1 aromatic carbocycles. The number of halogens is 3. The molecule has 3 aliphatic rings. The Morgan fingerprint density at radius 2 is 1.86 bits per heavy atom. The number of nitrogens with one attached hydrogen (secondary N) is 1. The van der Waals surface area contributed by atoms with E-state index in [4.69, 9.17) is 24.6 Å². The average molecular weight is 527 g/mol. The van der Waals surface area contributed by atoms with Gasteiger partial charge in [0.25, 0.3) is 5.91 Å². The summed E-state index contributed by atoms with van der Waals surface area (Å²) in [6.07, 6.45) is -3.11. The Bertz CT molecular complexity index is 1030. The lowest BCUT2D eigenvalue weighted by Crippen LogP contribution is -2.73. The number of aliphatic carboxylic acids is 1. The second-order valence-electron chi connectivity index (χ2n) is 9.38. The van der Waals surface area contributed by atoms with Crippen molar-refractivity contribution >= 4 is 17.8 Å². The molecule has 37 heavy (non-hydrogen) atoms. The molecule has 2 amide bonds. The highest BCUT2D eigenvalue weighted by Crippen LogP contribution is 2.31. The van der Waals surface area contributed by atoms with Crippen molar-refractivity contribution in [3.05, 3.63) is 35.4 Å². The zero-order valence-electron chi connectivity index (χ0n) is 20.3. The third-order valence-electron chi connectivity index (χ3n) is 6.55. The van der Waals surface area contributed by atoms with E-state index in [1.54, 1.807) is 29.2 Å². The lowest BCUT2D eigenvalue weighted by atomic mass is 9.89. The lowest BCUT2D eigenvalue weighted by molar-refractivity contribution is -0.192. The first-order valence-corrected chi connectivity index (χ1v) is 11.7. The largest absolute Gasteiger partial charge is 0.490 e. The van der Waals surface area contributed by atoms with Gasteiger partial charge in [0.1, 0.15) is 11.6 Å². The normalized spacial score (nSPS) is 21.7. The van der Waals surface area contributed by atoms with Gasteiger partial charge in [0.15, 0.2) is 0 Å². The van der Waals surface area contributed by atoms with Gasteiger partial charge in [-0.15, -0.1) is 0 Å². The summed E-state index contributed by atoms with van der Waals surface area (Å²) in [6, 6.07) is 8.48. The Hall–Kier alpha value is -3.21. The maximum Gasteiger partial charge on any atom is 0.490 e. The number of likely N-dealkylation sites (tertiary alicyclic amines) is 1. The molecule has 0 bridgehead atoms. The lowest BCUT2D eigenvalue weighted by Gasteiger charge is -2.54. The summed E-state index contributed by atoms with van der Waals surface area (Å²) in [7, 11) is 1.93. The Labute approximate surface area is 211 Å². The fraction of sp³-hybridized carbons (Fsp3) is 0.583. The number of benzene rings is 1. The average Bonchev–Trinajstić information content (AvgIpc) is 2.85. The van der Waals surface area contributed by atoms with Crippen LogP contribution >= 0.6 is 0 Å². The Morgan fingerprint density at radius 1 is 1.22 bits per heavy atom. The molecular weight excluding hydrogens is 497 g/mol. The fourth-order valence-corrected chi connectivity index (χ4v) is 4.47. The number of nitriles is 1. The maximum atomic E-state index is 12.7. The molecule has 3 aliphatic heterocycles. The molecule has 1 spiro atoms. The minimum absolute atomic E-state index is 0.000540. The van der Waals surface area contributed by atoms with Gasteiger partial charge in [-0.1, -0.05) is 6.07 Å². The van der Waals surface area contributed by atoms with Crippen LogP contribution in [-0.4, -0.2) is 104 Å². The van der Waals surface area contributed by atoms with Gasteiger partial charge in [-0.25, -0.2) is 4.79 Å². The van der Waals surface area contributed by atoms with Crippen LogP contribution in [0, 0.1) is 17.2 Å². The van der Waals surface area contributed by atoms with Crippen LogP contribution < -0.4 is 5.32 Å². The van der Waals surface area contributed by atoms with Crippen LogP contribution in [0.2, 0.25) is 0 Å². The number of alkyl halides is 3. The maximum absolute atomic E-state index is 12.7. The standard InChI is InChI=1S/C22H28N4O4.C2HF3O2/c1-25-13-22(14-26(15-22)21(28)18-4-2-3-17(9-18)10-23)30-12-19(25)20(27)24-11-16-5-7-29-8-6-16;3-2(4,5)1(6)7/h2-4,9,16,19H,5-8,11-15H2,1H3,(H,24,27);(H,6,7). The predicted octanol–water partition coefficient (Wildman–Crippen LogP) is 1.26. The number of carboxylic acids is 1. The van der Waals surface area contributed by atoms with Crippen molar-refractivity contribution < 1.29 is 42.1 Å². The Kier molecular flexibility index (Phi) is 9.12. The molecule has 202 valence electrons. The zero-order valence-corrected chi connectivity index (χ0v) is 20.3. The molecule has 2 N–H and O–H groups in total. The first kappa shape index (κ1) is 28.4. The molecule has 3 heterocycles. The highest BCUT2D eigenvalue weighted by atomic mass is 19.4. The molecule has 3 fully saturated rings. The smallest absolute Gasteiger partial charge is 0.475 e. The van der Waals surface area contributed by atoms with Crippen molar-refractivity contribution in [1.82, 2.24) is 15.1 Å². The molecule has 0 aliphatic carbocycles. The summed E-state index contributed by atoms with van der Waals surface area (Å²) < 4.78 is 43.2. The molecule has 1 aromatic rings. The van der Waals surface area contributed by atoms with Crippen molar-refractivity contribution in [2.45, 2.75) is 30.7 Å². The third-order valence-corrected chi connectivity index (χ3v) is 6.55. The predicted molar refractivity (Wildman–Crippen MR) is 122 cm³/mol. The number of hydrogen-bond acceptors (Lipinski definition) is 7. The zero-order chi connectivity index (χ0) is 27.2. The number of amides is 2. The van der Waals surface area contributed by atoms with Gasteiger partial charge in [0.05, 0.1) is 31.3 Å². The highest BCUT2D eigenvalue weighted by Gasteiger charge is 2.51. The monoisotopic (exact) mass is 526 g/mol. The van der Waals surface area contributed by atoms with E-state index < -0.39 is 17.7 Å². The number of carbonyl (C=O) groups is 3. The summed E-state index contributed by atoms with van der Waals surface area (Å²) in [5, 5.41) is 19.2. The summed E-state index contributed by atoms with van der Waals surface area (Å²) in [4.78, 5) is 38.0. The van der Waals surface area contributed by atoms with E-state index in [1.165, 1.54) is 0 Å². The second-order valence-corrected chi connectivity index (χ2v) is 9.38. The summed E-state index contributed by atoms with van der Waals surface area (Å²) >= 11 is 0. The van der Waals surface area contributed by atoms with Gasteiger partial charge >= 0.3 is 12.1 Å². The van der Waals surface area contributed by atoms with Crippen LogP contribution in [0.5, 0.6) is 0 Å². The Balaban J connectivity index is 0.000000479. The highest BCUT2D eigenvalue weighted by molar-refractivity contribution is 5.95. The molecule has 0 radical (unpaired) electrons. The van der Waals surface area contributed by atoms with Crippen LogP contribution in [0.1, 0.15) is 28.8 Å². The van der Waals surface area contributed by atoms with Gasteiger partial charge in [-0.05, 0) is 44.0 Å². The van der Waals surface area contributed by atoms with Gasteiger partial charge in [0.2, 0.25) is 5.91 Å². The molecule has 3 saturated heterocycles. The molecule has 1 atom stereocenters. The number of ether oxygens (including phenoxy) is 2.